The van der Waals surface area contributed by atoms with Crippen molar-refractivity contribution in [2.24, 2.45) is 5.73 Å². The standard InChI is InChI=1S/C36H37N13O7S2.2Na/c1-36(37,50)23-13-17-25(18-14-23)41-33-45-31(39-3)47-35(49-33)43-27-16-12-22(29(20-27)58(54,55)56)10-9-21-11-15-26(19-28(21)57(51,52)53)42-34-46-30(38-2)44-32(48-34)40-24-7-5-4-6-8-24;;/h4-20,50H,37H2,1-3H3,(H,51,52,53)(H,54,55,56)(H3,38,40,42,44,46,48)(H3,39,41,43,45,47,49);;/q;2*+1/p-2/b10-9+;;. The number of nitrogens with two attached hydrogens (primary N) is 1. The number of para-hydroxylation sites is 1. The largest absolute Gasteiger partial charge is 1.00 e. The fourth-order valence-corrected chi connectivity index (χ4v) is 6.63. The van der Waals surface area contributed by atoms with Crippen LogP contribution in [0.1, 0.15) is 23.6 Å². The summed E-state index contributed by atoms with van der Waals surface area (Å²) in [5.41, 5.74) is 5.99. The molecule has 6 aromatic rings. The first-order valence-electron chi connectivity index (χ1n) is 17.0. The molecular formula is C36H35N13Na2O7S2. The van der Waals surface area contributed by atoms with Gasteiger partial charge < -0.3 is 51.8 Å². The molecule has 1 atom stereocenters. The minimum absolute atomic E-state index is 0. The molecule has 0 amide bonds. The Morgan fingerprint density at radius 2 is 0.883 bits per heavy atom. The van der Waals surface area contributed by atoms with E-state index in [2.05, 4.69) is 61.8 Å². The summed E-state index contributed by atoms with van der Waals surface area (Å²) in [5, 5.41) is 27.4. The molecule has 0 aliphatic heterocycles. The van der Waals surface area contributed by atoms with E-state index in [4.69, 9.17) is 5.73 Å². The minimum atomic E-state index is -5.10. The second-order valence-electron chi connectivity index (χ2n) is 12.5. The average Bonchev–Trinajstić information content (AvgIpc) is 3.17. The van der Waals surface area contributed by atoms with Gasteiger partial charge in [0.15, 0.2) is 0 Å². The molecule has 0 saturated carbocycles. The molecule has 60 heavy (non-hydrogen) atoms. The molecule has 20 nitrogen and oxygen atoms in total. The first-order valence-corrected chi connectivity index (χ1v) is 19.8. The van der Waals surface area contributed by atoms with Gasteiger partial charge in [-0.05, 0) is 72.1 Å². The van der Waals surface area contributed by atoms with Gasteiger partial charge >= 0.3 is 59.1 Å². The molecule has 0 saturated heterocycles. The van der Waals surface area contributed by atoms with Crippen molar-refractivity contribution in [3.63, 3.8) is 0 Å². The predicted molar refractivity (Wildman–Crippen MR) is 216 cm³/mol. The minimum Gasteiger partial charge on any atom is -0.744 e. The molecule has 0 aliphatic rings. The van der Waals surface area contributed by atoms with E-state index in [1.807, 2.05) is 18.2 Å². The molecule has 2 aromatic heterocycles. The van der Waals surface area contributed by atoms with Gasteiger partial charge in [-0.1, -0.05) is 54.6 Å². The summed E-state index contributed by atoms with van der Waals surface area (Å²) in [5.74, 6) is 0.602. The van der Waals surface area contributed by atoms with Gasteiger partial charge in [-0.25, -0.2) is 16.8 Å². The van der Waals surface area contributed by atoms with Crippen LogP contribution in [0.25, 0.3) is 12.2 Å². The maximum absolute atomic E-state index is 12.4. The van der Waals surface area contributed by atoms with Crippen LogP contribution in [-0.2, 0) is 26.0 Å². The Balaban J connectivity index is 0.00000397. The summed E-state index contributed by atoms with van der Waals surface area (Å²) in [6.07, 6.45) is 2.39. The Hall–Kier alpha value is -4.82. The number of aliphatic hydroxyl groups is 1. The van der Waals surface area contributed by atoms with Crippen molar-refractivity contribution in [3.05, 3.63) is 108 Å². The van der Waals surface area contributed by atoms with Crippen molar-refractivity contribution < 1.29 is 90.2 Å². The van der Waals surface area contributed by atoms with Gasteiger partial charge in [-0.15, -0.1) is 0 Å². The Labute approximate surface area is 389 Å². The van der Waals surface area contributed by atoms with Crippen molar-refractivity contribution in [3.8, 4) is 0 Å². The van der Waals surface area contributed by atoms with Crippen molar-refractivity contribution in [1.82, 2.24) is 29.9 Å². The molecule has 300 valence electrons. The van der Waals surface area contributed by atoms with Crippen molar-refractivity contribution in [1.29, 1.82) is 0 Å². The van der Waals surface area contributed by atoms with Crippen LogP contribution >= 0.6 is 0 Å². The Kier molecular flexibility index (Phi) is 16.1. The van der Waals surface area contributed by atoms with Gasteiger partial charge in [0.2, 0.25) is 35.7 Å². The molecule has 1 unspecified atom stereocenters. The second kappa shape index (κ2) is 20.2. The Bertz CT molecular complexity index is 2710. The van der Waals surface area contributed by atoms with Crippen LogP contribution in [0.3, 0.4) is 0 Å². The summed E-state index contributed by atoms with van der Waals surface area (Å²) in [6.45, 7) is 1.45. The van der Waals surface area contributed by atoms with E-state index in [-0.39, 0.29) is 117 Å². The zero-order valence-electron chi connectivity index (χ0n) is 32.8. The van der Waals surface area contributed by atoms with Crippen molar-refractivity contribution in [2.75, 3.05) is 46.0 Å². The van der Waals surface area contributed by atoms with Crippen LogP contribution in [0.15, 0.2) is 101 Å². The Morgan fingerprint density at radius 1 is 0.550 bits per heavy atom. The number of aromatic nitrogens is 6. The first-order chi connectivity index (χ1) is 27.5. The van der Waals surface area contributed by atoms with Crippen LogP contribution < -0.4 is 96.7 Å². The molecule has 0 bridgehead atoms. The predicted octanol–water partition coefficient (Wildman–Crippen LogP) is -1.78. The number of benzene rings is 4. The fourth-order valence-electron chi connectivity index (χ4n) is 5.24. The number of rotatable bonds is 15. The normalized spacial score (nSPS) is 12.3. The van der Waals surface area contributed by atoms with Gasteiger partial charge in [0, 0.05) is 36.8 Å². The molecular weight excluding hydrogens is 837 g/mol. The summed E-state index contributed by atoms with van der Waals surface area (Å²) < 4.78 is 74.6. The second-order valence-corrected chi connectivity index (χ2v) is 15.1. The first kappa shape index (κ1) is 47.9. The third-order valence-electron chi connectivity index (χ3n) is 7.99. The molecule has 4 aromatic carbocycles. The zero-order chi connectivity index (χ0) is 41.7. The van der Waals surface area contributed by atoms with Gasteiger partial charge in [0.1, 0.15) is 26.0 Å². The summed E-state index contributed by atoms with van der Waals surface area (Å²) >= 11 is 0. The number of hydrogen-bond acceptors (Lipinski definition) is 20. The number of anilines is 10. The molecule has 0 spiro atoms. The molecule has 2 heterocycles. The molecule has 24 heteroatoms. The van der Waals surface area contributed by atoms with E-state index in [1.165, 1.54) is 43.3 Å². The van der Waals surface area contributed by atoms with Gasteiger partial charge in [0.25, 0.3) is 0 Å². The van der Waals surface area contributed by atoms with Gasteiger partial charge in [0.05, 0.1) is 9.79 Å². The van der Waals surface area contributed by atoms with Crippen LogP contribution in [0.4, 0.5) is 58.4 Å². The van der Waals surface area contributed by atoms with Crippen LogP contribution in [0.5, 0.6) is 0 Å². The molecule has 0 fully saturated rings. The van der Waals surface area contributed by atoms with E-state index in [0.717, 1.165) is 12.1 Å². The Morgan fingerprint density at radius 3 is 1.23 bits per heavy atom. The summed E-state index contributed by atoms with van der Waals surface area (Å²) in [4.78, 5) is 24.3. The smallest absolute Gasteiger partial charge is 0.744 e. The van der Waals surface area contributed by atoms with Crippen LogP contribution in [0, 0.1) is 0 Å². The molecule has 0 radical (unpaired) electrons. The van der Waals surface area contributed by atoms with Gasteiger partial charge in [-0.2, -0.15) is 29.9 Å². The third kappa shape index (κ3) is 12.8. The topological polar surface area (TPSA) is 310 Å². The van der Waals surface area contributed by atoms with Crippen molar-refractivity contribution >= 4 is 90.8 Å². The summed E-state index contributed by atoms with van der Waals surface area (Å²) in [7, 11) is -7.01. The van der Waals surface area contributed by atoms with E-state index in [9.17, 15) is 31.0 Å². The molecule has 6 rings (SSSR count). The number of hydrogen-bond donors (Lipinski definition) is 8. The third-order valence-corrected chi connectivity index (χ3v) is 9.78. The van der Waals surface area contributed by atoms with Crippen LogP contribution in [-0.4, -0.2) is 75.0 Å². The van der Waals surface area contributed by atoms with Crippen molar-refractivity contribution in [2.45, 2.75) is 22.4 Å². The average molecular weight is 872 g/mol. The maximum atomic E-state index is 12.4. The molecule has 0 aliphatic carbocycles. The number of nitrogens with zero attached hydrogens (tertiary/aromatic N) is 6. The van der Waals surface area contributed by atoms with E-state index < -0.39 is 35.8 Å². The number of nitrogens with one attached hydrogen (secondary N) is 6. The van der Waals surface area contributed by atoms with E-state index >= 15 is 0 Å². The zero-order valence-corrected chi connectivity index (χ0v) is 38.4. The fraction of sp³-hybridized carbons (Fsp3) is 0.111. The van der Waals surface area contributed by atoms with Gasteiger partial charge in [-0.3, -0.25) is 0 Å². The SMILES string of the molecule is CNc1nc(Nc2ccccc2)nc(Nc2ccc(/C=C/c3ccc(Nc4nc(NC)nc(Nc5ccc(C(C)(N)O)cc5)n4)cc3S(=O)(=O)[O-])c(S(=O)(=O)[O-])c2)n1.[Na+].[Na+]. The van der Waals surface area contributed by atoms with E-state index in [0.29, 0.717) is 16.9 Å². The monoisotopic (exact) mass is 871 g/mol. The van der Waals surface area contributed by atoms with E-state index in [1.54, 1.807) is 50.5 Å². The quantitative estimate of drug-likeness (QED) is 0.0245. The molecule has 9 N–H and O–H groups in total. The summed E-state index contributed by atoms with van der Waals surface area (Å²) in [6, 6.07) is 23.3. The maximum Gasteiger partial charge on any atom is 1.00 e. The van der Waals surface area contributed by atoms with Crippen LogP contribution in [0.2, 0.25) is 0 Å².